The number of rotatable bonds is 4. The minimum absolute atomic E-state index is 0.354. The Morgan fingerprint density at radius 2 is 1.85 bits per heavy atom. The molecule has 6 rings (SSSR count). The van der Waals surface area contributed by atoms with Crippen LogP contribution in [0.1, 0.15) is 62.9 Å². The van der Waals surface area contributed by atoms with Gasteiger partial charge in [0.15, 0.2) is 0 Å². The van der Waals surface area contributed by atoms with Gasteiger partial charge in [-0.3, -0.25) is 0 Å². The number of carbonyl (C=O) groups excluding carboxylic acids is 1. The highest BCUT2D eigenvalue weighted by Gasteiger charge is 2.51. The molecule has 0 aliphatic heterocycles. The van der Waals surface area contributed by atoms with Crippen molar-refractivity contribution in [3.05, 3.63) is 29.6 Å². The first kappa shape index (κ1) is 17.0. The van der Waals surface area contributed by atoms with Crippen LogP contribution in [-0.2, 0) is 10.2 Å². The van der Waals surface area contributed by atoms with Crippen molar-refractivity contribution in [3.63, 3.8) is 0 Å². The molecule has 6 heteroatoms. The van der Waals surface area contributed by atoms with Gasteiger partial charge in [0, 0.05) is 0 Å². The molecule has 4 fully saturated rings. The molecule has 0 unspecified atom stereocenters. The summed E-state index contributed by atoms with van der Waals surface area (Å²) >= 11 is 0. The fourth-order valence-electron chi connectivity index (χ4n) is 6.46. The van der Waals surface area contributed by atoms with Crippen LogP contribution in [0.15, 0.2) is 18.2 Å². The van der Waals surface area contributed by atoms with Crippen LogP contribution in [0.3, 0.4) is 0 Å². The minimum Gasteiger partial charge on any atom is -0.445 e. The van der Waals surface area contributed by atoms with Gasteiger partial charge in [-0.05, 0) is 86.3 Å². The molecule has 4 aliphatic rings. The van der Waals surface area contributed by atoms with Gasteiger partial charge in [-0.1, -0.05) is 6.07 Å². The lowest BCUT2D eigenvalue weighted by molar-refractivity contribution is -0.00513. The zero-order valence-electron chi connectivity index (χ0n) is 15.8. The Morgan fingerprint density at radius 3 is 2.44 bits per heavy atom. The van der Waals surface area contributed by atoms with Crippen LogP contribution >= 0.6 is 0 Å². The van der Waals surface area contributed by atoms with Crippen molar-refractivity contribution in [1.29, 1.82) is 0 Å². The molecule has 27 heavy (non-hydrogen) atoms. The first-order valence-corrected chi connectivity index (χ1v) is 10.1. The molecule has 1 aromatic carbocycles. The van der Waals surface area contributed by atoms with E-state index in [1.54, 1.807) is 6.92 Å². The Morgan fingerprint density at radius 1 is 1.22 bits per heavy atom. The van der Waals surface area contributed by atoms with Crippen molar-refractivity contribution in [2.24, 2.45) is 29.2 Å². The summed E-state index contributed by atoms with van der Waals surface area (Å²) in [6, 6.07) is 6.14. The van der Waals surface area contributed by atoms with Crippen LogP contribution in [0.4, 0.5) is 4.79 Å². The largest absolute Gasteiger partial charge is 0.445 e. The van der Waals surface area contributed by atoms with Gasteiger partial charge in [0.25, 0.3) is 0 Å². The minimum atomic E-state index is -0.821. The highest BCUT2D eigenvalue weighted by Crippen LogP contribution is 2.60. The standard InChI is InChI=1S/C21H28N4O2/c1-11(27-20(23)26)18(22)19-24-16-3-2-15(7-17(16)25-19)21-8-12-4-13(9-21)6-14(5-12)10-21/h2-3,7,11-14,18H,4-6,8-10,22H2,1H3,(H2,23,26)(H,24,25)/t11-,12?,13?,14?,18-,21?/m0/s1. The van der Waals surface area contributed by atoms with E-state index in [2.05, 4.69) is 23.2 Å². The second-order valence-corrected chi connectivity index (χ2v) is 9.22. The zero-order chi connectivity index (χ0) is 18.8. The molecule has 1 amide bonds. The number of hydrogen-bond donors (Lipinski definition) is 3. The maximum absolute atomic E-state index is 11.0. The SMILES string of the molecule is C[C@H](OC(N)=O)[C@H](N)c1nc2cc(C34CC5CC(CC(C5)C3)C4)ccc2[nH]1. The molecule has 4 aliphatic carbocycles. The first-order chi connectivity index (χ1) is 12.9. The fraction of sp³-hybridized carbons (Fsp3) is 0.619. The number of fused-ring (bicyclic) bond motifs is 1. The smallest absolute Gasteiger partial charge is 0.404 e. The number of primary amides is 1. The molecule has 144 valence electrons. The van der Waals surface area contributed by atoms with Crippen LogP contribution in [0, 0.1) is 17.8 Å². The quantitative estimate of drug-likeness (QED) is 0.767. The Labute approximate surface area is 159 Å². The Hall–Kier alpha value is -2.08. The topological polar surface area (TPSA) is 107 Å². The number of amides is 1. The summed E-state index contributed by atoms with van der Waals surface area (Å²) in [7, 11) is 0. The third-order valence-corrected chi connectivity index (χ3v) is 7.28. The number of nitrogens with zero attached hydrogens (tertiary/aromatic N) is 1. The van der Waals surface area contributed by atoms with E-state index in [0.717, 1.165) is 28.8 Å². The molecule has 4 bridgehead atoms. The van der Waals surface area contributed by atoms with Crippen molar-refractivity contribution >= 4 is 17.1 Å². The molecule has 1 heterocycles. The molecule has 2 atom stereocenters. The maximum Gasteiger partial charge on any atom is 0.404 e. The molecule has 0 saturated heterocycles. The van der Waals surface area contributed by atoms with Gasteiger partial charge in [-0.15, -0.1) is 0 Å². The molecular formula is C21H28N4O2. The predicted molar refractivity (Wildman–Crippen MR) is 103 cm³/mol. The number of aromatic nitrogens is 2. The molecule has 2 aromatic rings. The normalized spacial score (nSPS) is 33.9. The number of imidazole rings is 1. The molecule has 1 aromatic heterocycles. The third kappa shape index (κ3) is 2.81. The summed E-state index contributed by atoms with van der Waals surface area (Å²) < 4.78 is 5.00. The summed E-state index contributed by atoms with van der Waals surface area (Å²) in [6.07, 6.45) is 6.99. The van der Waals surface area contributed by atoms with E-state index in [-0.39, 0.29) is 0 Å². The van der Waals surface area contributed by atoms with E-state index in [1.165, 1.54) is 44.1 Å². The van der Waals surface area contributed by atoms with E-state index in [9.17, 15) is 4.79 Å². The summed E-state index contributed by atoms with van der Waals surface area (Å²) in [4.78, 5) is 19.0. The lowest BCUT2D eigenvalue weighted by Crippen LogP contribution is -2.48. The molecule has 0 radical (unpaired) electrons. The Balaban J connectivity index is 1.45. The lowest BCUT2D eigenvalue weighted by atomic mass is 9.48. The monoisotopic (exact) mass is 368 g/mol. The maximum atomic E-state index is 11.0. The summed E-state index contributed by atoms with van der Waals surface area (Å²) in [6.45, 7) is 1.73. The second-order valence-electron chi connectivity index (χ2n) is 9.22. The van der Waals surface area contributed by atoms with Crippen LogP contribution in [0.25, 0.3) is 11.0 Å². The third-order valence-electron chi connectivity index (χ3n) is 7.28. The average Bonchev–Trinajstić information content (AvgIpc) is 3.02. The lowest BCUT2D eigenvalue weighted by Gasteiger charge is -2.57. The van der Waals surface area contributed by atoms with E-state index in [0.29, 0.717) is 11.2 Å². The first-order valence-electron chi connectivity index (χ1n) is 10.1. The number of ether oxygens (including phenoxy) is 1. The van der Waals surface area contributed by atoms with Crippen molar-refractivity contribution < 1.29 is 9.53 Å². The molecular weight excluding hydrogens is 340 g/mol. The van der Waals surface area contributed by atoms with Crippen LogP contribution in [0.2, 0.25) is 0 Å². The van der Waals surface area contributed by atoms with Crippen LogP contribution in [0.5, 0.6) is 0 Å². The van der Waals surface area contributed by atoms with Gasteiger partial charge in [0.05, 0.1) is 11.0 Å². The zero-order valence-corrected chi connectivity index (χ0v) is 15.8. The van der Waals surface area contributed by atoms with Crippen molar-refractivity contribution in [3.8, 4) is 0 Å². The highest BCUT2D eigenvalue weighted by atomic mass is 16.6. The van der Waals surface area contributed by atoms with Crippen LogP contribution < -0.4 is 11.5 Å². The summed E-state index contributed by atoms with van der Waals surface area (Å²) in [5.41, 5.74) is 15.0. The number of H-pyrrole nitrogens is 1. The number of hydrogen-bond acceptors (Lipinski definition) is 4. The van der Waals surface area contributed by atoms with E-state index >= 15 is 0 Å². The number of nitrogens with two attached hydrogens (primary N) is 2. The van der Waals surface area contributed by atoms with Crippen molar-refractivity contribution in [2.45, 2.75) is 63.0 Å². The van der Waals surface area contributed by atoms with Gasteiger partial charge in [-0.2, -0.15) is 0 Å². The van der Waals surface area contributed by atoms with E-state index in [1.807, 2.05) is 0 Å². The molecule has 5 N–H and O–H groups in total. The van der Waals surface area contributed by atoms with E-state index < -0.39 is 18.2 Å². The second kappa shape index (κ2) is 5.96. The van der Waals surface area contributed by atoms with E-state index in [4.69, 9.17) is 21.2 Å². The Kier molecular flexibility index (Phi) is 3.76. The van der Waals surface area contributed by atoms with Crippen molar-refractivity contribution in [2.75, 3.05) is 0 Å². The summed E-state index contributed by atoms with van der Waals surface area (Å²) in [5, 5.41) is 0. The van der Waals surface area contributed by atoms with Crippen molar-refractivity contribution in [1.82, 2.24) is 9.97 Å². The fourth-order valence-corrected chi connectivity index (χ4v) is 6.46. The Bertz CT molecular complexity index is 854. The average molecular weight is 368 g/mol. The highest BCUT2D eigenvalue weighted by molar-refractivity contribution is 5.76. The summed E-state index contributed by atoms with van der Waals surface area (Å²) in [5.74, 6) is 3.38. The van der Waals surface area contributed by atoms with Crippen LogP contribution in [-0.4, -0.2) is 22.2 Å². The number of aromatic amines is 1. The van der Waals surface area contributed by atoms with Gasteiger partial charge < -0.3 is 21.2 Å². The molecule has 4 saturated carbocycles. The predicted octanol–water partition coefficient (Wildman–Crippen LogP) is 3.51. The molecule has 6 nitrogen and oxygen atoms in total. The van der Waals surface area contributed by atoms with Gasteiger partial charge in [0.2, 0.25) is 0 Å². The number of benzene rings is 1. The van der Waals surface area contributed by atoms with Gasteiger partial charge in [0.1, 0.15) is 18.0 Å². The van der Waals surface area contributed by atoms with Gasteiger partial charge in [-0.25, -0.2) is 9.78 Å². The van der Waals surface area contributed by atoms with Gasteiger partial charge >= 0.3 is 6.09 Å². The number of nitrogens with one attached hydrogen (secondary N) is 1. The number of carbonyl (C=O) groups is 1. The molecule has 0 spiro atoms.